The summed E-state index contributed by atoms with van der Waals surface area (Å²) in [7, 11) is 0. The summed E-state index contributed by atoms with van der Waals surface area (Å²) in [6.07, 6.45) is 5.99. The molecule has 0 saturated heterocycles. The lowest BCUT2D eigenvalue weighted by Gasteiger charge is -2.19. The van der Waals surface area contributed by atoms with Crippen molar-refractivity contribution in [2.75, 3.05) is 6.61 Å². The third-order valence-electron chi connectivity index (χ3n) is 6.62. The van der Waals surface area contributed by atoms with Crippen LogP contribution in [0.15, 0.2) is 54.6 Å². The van der Waals surface area contributed by atoms with E-state index in [0.717, 1.165) is 44.2 Å². The van der Waals surface area contributed by atoms with Gasteiger partial charge in [0.25, 0.3) is 5.43 Å². The second-order valence-corrected chi connectivity index (χ2v) is 10.9. The fourth-order valence-electron chi connectivity index (χ4n) is 4.60. The average Bonchev–Trinajstić information content (AvgIpc) is 2.95. The second-order valence-electron chi connectivity index (χ2n) is 9.29. The van der Waals surface area contributed by atoms with Crippen molar-refractivity contribution in [2.24, 2.45) is 0 Å². The van der Waals surface area contributed by atoms with Crippen LogP contribution in [-0.2, 0) is 4.74 Å². The molecule has 2 aliphatic rings. The highest BCUT2D eigenvalue weighted by atomic mass is 79.9. The van der Waals surface area contributed by atoms with Crippen molar-refractivity contribution in [3.05, 3.63) is 81.4 Å². The topological polar surface area (TPSA) is 163 Å². The smallest absolute Gasteiger partial charge is 0.338 e. The minimum Gasteiger partial charge on any atom is -0.501 e. The standard InChI is InChI=1S/C28H24Br2N2O9/c1-2-3-4-5-6-9-12-40-28(35)16-11-8-7-10-15(16)21-17-13-19(31(36)37)24(33)22(29)26(17)41-27-18(21)14-20(32(38)39)25(34)23(27)30/h7-8,10-11,13-14,33H,2-6,9,12H2,1H3. The summed E-state index contributed by atoms with van der Waals surface area (Å²) in [6, 6.07) is 8.36. The van der Waals surface area contributed by atoms with Crippen molar-refractivity contribution in [3.8, 4) is 28.2 Å². The molecule has 2 aromatic carbocycles. The van der Waals surface area contributed by atoms with Gasteiger partial charge in [0, 0.05) is 28.6 Å². The van der Waals surface area contributed by atoms with Crippen LogP contribution in [0, 0.1) is 20.2 Å². The first kappa shape index (κ1) is 30.1. The number of phenolic OH excluding ortho intramolecular Hbond substituents is 1. The zero-order valence-electron chi connectivity index (χ0n) is 21.8. The Balaban J connectivity index is 1.95. The number of fused-ring (bicyclic) bond motifs is 2. The largest absolute Gasteiger partial charge is 0.501 e. The summed E-state index contributed by atoms with van der Waals surface area (Å²) in [5.74, 6) is -1.49. The van der Waals surface area contributed by atoms with Crippen molar-refractivity contribution >= 4 is 60.2 Å². The fraction of sp³-hybridized carbons (Fsp3) is 0.286. The van der Waals surface area contributed by atoms with Crippen molar-refractivity contribution in [3.63, 3.8) is 0 Å². The van der Waals surface area contributed by atoms with Gasteiger partial charge in [-0.3, -0.25) is 25.0 Å². The molecule has 1 heterocycles. The second kappa shape index (κ2) is 12.8. The van der Waals surface area contributed by atoms with E-state index >= 15 is 0 Å². The van der Waals surface area contributed by atoms with E-state index in [2.05, 4.69) is 38.8 Å². The van der Waals surface area contributed by atoms with Crippen LogP contribution < -0.4 is 5.43 Å². The Morgan fingerprint density at radius 1 is 0.951 bits per heavy atom. The minimum atomic E-state index is -0.953. The maximum Gasteiger partial charge on any atom is 0.338 e. The number of phenols is 1. The molecular formula is C28H24Br2N2O9. The highest BCUT2D eigenvalue weighted by Gasteiger charge is 2.32. The first-order valence-corrected chi connectivity index (χ1v) is 14.4. The van der Waals surface area contributed by atoms with E-state index in [1.54, 1.807) is 18.2 Å². The van der Waals surface area contributed by atoms with E-state index in [1.165, 1.54) is 6.07 Å². The predicted octanol–water partition coefficient (Wildman–Crippen LogP) is 8.13. The number of unbranched alkanes of at least 4 members (excludes halogenated alkanes) is 5. The number of non-ortho nitro benzene ring substituents is 1. The van der Waals surface area contributed by atoms with Gasteiger partial charge in [0.05, 0.1) is 22.0 Å². The summed E-state index contributed by atoms with van der Waals surface area (Å²) in [6.45, 7) is 2.31. The van der Waals surface area contributed by atoms with E-state index in [0.29, 0.717) is 6.42 Å². The van der Waals surface area contributed by atoms with E-state index in [-0.39, 0.29) is 54.5 Å². The molecule has 2 aromatic rings. The molecule has 4 rings (SSSR count). The quantitative estimate of drug-likeness (QED) is 0.0538. The van der Waals surface area contributed by atoms with Crippen molar-refractivity contribution < 1.29 is 28.9 Å². The molecule has 0 unspecified atom stereocenters. The zero-order valence-corrected chi connectivity index (χ0v) is 24.9. The van der Waals surface area contributed by atoms with E-state index in [4.69, 9.17) is 9.15 Å². The first-order valence-electron chi connectivity index (χ1n) is 12.8. The number of rotatable bonds is 11. The van der Waals surface area contributed by atoms with Crippen LogP contribution in [0.1, 0.15) is 55.8 Å². The number of hydrogen-bond acceptors (Lipinski definition) is 9. The Morgan fingerprint density at radius 3 is 2.29 bits per heavy atom. The molecule has 41 heavy (non-hydrogen) atoms. The van der Waals surface area contributed by atoms with Gasteiger partial charge in [-0.15, -0.1) is 0 Å². The van der Waals surface area contributed by atoms with Crippen molar-refractivity contribution in [2.45, 2.75) is 45.4 Å². The first-order chi connectivity index (χ1) is 19.6. The van der Waals surface area contributed by atoms with Gasteiger partial charge in [-0.05, 0) is 49.9 Å². The normalized spacial score (nSPS) is 11.2. The summed E-state index contributed by atoms with van der Waals surface area (Å²) in [4.78, 5) is 47.8. The van der Waals surface area contributed by atoms with Gasteiger partial charge in [-0.1, -0.05) is 57.2 Å². The number of hydrogen-bond donors (Lipinski definition) is 1. The van der Waals surface area contributed by atoms with E-state index in [9.17, 15) is 34.9 Å². The maximum atomic E-state index is 13.3. The number of benzene rings is 3. The lowest BCUT2D eigenvalue weighted by Crippen LogP contribution is -2.12. The number of aromatic hydroxyl groups is 1. The summed E-state index contributed by atoms with van der Waals surface area (Å²) in [5.41, 5.74) is -1.96. The van der Waals surface area contributed by atoms with E-state index < -0.39 is 38.4 Å². The van der Waals surface area contributed by atoms with Crippen LogP contribution in [0.4, 0.5) is 11.4 Å². The van der Waals surface area contributed by atoms with Crippen LogP contribution in [0.25, 0.3) is 33.4 Å². The molecule has 0 radical (unpaired) electrons. The number of carbonyl (C=O) groups is 1. The average molecular weight is 692 g/mol. The number of halogens is 2. The number of ether oxygens (including phenoxy) is 1. The molecule has 13 heteroatoms. The highest BCUT2D eigenvalue weighted by molar-refractivity contribution is 9.11. The van der Waals surface area contributed by atoms with Crippen molar-refractivity contribution in [1.82, 2.24) is 0 Å². The minimum absolute atomic E-state index is 0.0405. The van der Waals surface area contributed by atoms with Gasteiger partial charge >= 0.3 is 17.3 Å². The fourth-order valence-corrected chi connectivity index (χ4v) is 5.59. The summed E-state index contributed by atoms with van der Waals surface area (Å²) >= 11 is 6.24. The van der Waals surface area contributed by atoms with Gasteiger partial charge in [0.1, 0.15) is 8.95 Å². The van der Waals surface area contributed by atoms with Gasteiger partial charge in [0.2, 0.25) is 5.75 Å². The van der Waals surface area contributed by atoms with Crippen LogP contribution in [0.3, 0.4) is 0 Å². The molecule has 0 atom stereocenters. The maximum absolute atomic E-state index is 13.3. The molecular weight excluding hydrogens is 668 g/mol. The molecule has 0 spiro atoms. The number of carbonyl (C=O) groups excluding carboxylic acids is 1. The van der Waals surface area contributed by atoms with Gasteiger partial charge < -0.3 is 14.3 Å². The van der Waals surface area contributed by atoms with E-state index in [1.807, 2.05) is 0 Å². The Morgan fingerprint density at radius 2 is 1.61 bits per heavy atom. The van der Waals surface area contributed by atoms with Gasteiger partial charge in [-0.25, -0.2) is 4.79 Å². The molecule has 214 valence electrons. The zero-order chi connectivity index (χ0) is 29.8. The molecule has 0 aromatic heterocycles. The summed E-state index contributed by atoms with van der Waals surface area (Å²) in [5, 5.41) is 34.0. The van der Waals surface area contributed by atoms with Crippen LogP contribution >= 0.6 is 31.9 Å². The molecule has 0 amide bonds. The van der Waals surface area contributed by atoms with Crippen LogP contribution in [0.5, 0.6) is 5.75 Å². The monoisotopic (exact) mass is 690 g/mol. The van der Waals surface area contributed by atoms with Gasteiger partial charge in [-0.2, -0.15) is 0 Å². The lowest BCUT2D eigenvalue weighted by atomic mass is 9.90. The van der Waals surface area contributed by atoms with Gasteiger partial charge in [0.15, 0.2) is 11.3 Å². The molecule has 1 N–H and O–H groups in total. The van der Waals surface area contributed by atoms with Crippen LogP contribution in [0.2, 0.25) is 0 Å². The molecule has 1 aliphatic carbocycles. The molecule has 0 saturated carbocycles. The Labute approximate surface area is 250 Å². The number of nitro benzene ring substituents is 2. The lowest BCUT2D eigenvalue weighted by molar-refractivity contribution is -0.386. The molecule has 1 aliphatic heterocycles. The molecule has 0 fully saturated rings. The molecule has 11 nitrogen and oxygen atoms in total. The van der Waals surface area contributed by atoms with Crippen molar-refractivity contribution in [1.29, 1.82) is 0 Å². The number of esters is 1. The third-order valence-corrected chi connectivity index (χ3v) is 8.07. The predicted molar refractivity (Wildman–Crippen MR) is 159 cm³/mol. The third kappa shape index (κ3) is 5.96. The Bertz CT molecular complexity index is 1700. The highest BCUT2D eigenvalue weighted by Crippen LogP contribution is 2.50. The SMILES string of the molecule is CCCCCCCCOC(=O)c1ccccc1-c1c2cc([N+](=O)[O-])c(=O)c(Br)c-2oc2c(Br)c(O)c([N+](=O)[O-])cc12. The Kier molecular flexibility index (Phi) is 9.38. The molecule has 0 bridgehead atoms. The Hall–Kier alpha value is -3.84. The number of nitro groups is 2. The number of nitrogens with zero attached hydrogens (tertiary/aromatic N) is 2. The summed E-state index contributed by atoms with van der Waals surface area (Å²) < 4.78 is 11.0. The van der Waals surface area contributed by atoms with Crippen LogP contribution in [-0.4, -0.2) is 27.5 Å².